The molecule has 1 aromatic rings. The van der Waals surface area contributed by atoms with Crippen LogP contribution in [0.1, 0.15) is 46.6 Å². The minimum Gasteiger partial charge on any atom is -0.354 e. The molecule has 1 aliphatic heterocycles. The lowest BCUT2D eigenvalue weighted by Crippen LogP contribution is -2.64. The molecule has 0 unspecified atom stereocenters. The molecule has 1 saturated heterocycles. The zero-order valence-corrected chi connectivity index (χ0v) is 21.6. The third-order valence-electron chi connectivity index (χ3n) is 6.38. The second-order valence-electron chi connectivity index (χ2n) is 9.98. The van der Waals surface area contributed by atoms with Crippen molar-refractivity contribution in [1.29, 1.82) is 0 Å². The Hall–Kier alpha value is -2.45. The van der Waals surface area contributed by atoms with Crippen molar-refractivity contribution < 1.29 is 14.4 Å². The minimum absolute atomic E-state index is 0.104. The first-order valence-corrected chi connectivity index (χ1v) is 12.5. The average Bonchev–Trinajstić information content (AvgIpc) is 2.81. The number of piperazine rings is 1. The maximum absolute atomic E-state index is 13.6. The first-order valence-electron chi connectivity index (χ1n) is 12.5. The first-order chi connectivity index (χ1) is 16.1. The molecule has 8 heteroatoms. The van der Waals surface area contributed by atoms with Crippen LogP contribution in [0.2, 0.25) is 0 Å². The van der Waals surface area contributed by atoms with Gasteiger partial charge in [0.2, 0.25) is 17.7 Å². The summed E-state index contributed by atoms with van der Waals surface area (Å²) < 4.78 is 0. The smallest absolute Gasteiger partial charge is 0.246 e. The number of nitrogens with one attached hydrogen (secondary N) is 3. The fourth-order valence-electron chi connectivity index (χ4n) is 4.02. The normalized spacial score (nSPS) is 18.6. The molecule has 1 aliphatic rings. The average molecular weight is 474 g/mol. The fraction of sp³-hybridized carbons (Fsp3) is 0.654. The monoisotopic (exact) mass is 473 g/mol. The van der Waals surface area contributed by atoms with Crippen LogP contribution >= 0.6 is 0 Å². The van der Waals surface area contributed by atoms with E-state index in [1.165, 1.54) is 5.56 Å². The molecule has 0 radical (unpaired) electrons. The molecule has 34 heavy (non-hydrogen) atoms. The number of amides is 3. The van der Waals surface area contributed by atoms with Gasteiger partial charge < -0.3 is 20.9 Å². The summed E-state index contributed by atoms with van der Waals surface area (Å²) in [5, 5.41) is 8.84. The molecule has 0 bridgehead atoms. The quantitative estimate of drug-likeness (QED) is 0.454. The van der Waals surface area contributed by atoms with Gasteiger partial charge in [-0.25, -0.2) is 0 Å². The van der Waals surface area contributed by atoms with Gasteiger partial charge in [0.25, 0.3) is 0 Å². The summed E-state index contributed by atoms with van der Waals surface area (Å²) in [5.74, 6) is -0.185. The van der Waals surface area contributed by atoms with Crippen LogP contribution < -0.4 is 16.0 Å². The maximum atomic E-state index is 13.6. The van der Waals surface area contributed by atoms with E-state index >= 15 is 0 Å². The van der Waals surface area contributed by atoms with Crippen LogP contribution in [0.25, 0.3) is 0 Å². The van der Waals surface area contributed by atoms with Crippen molar-refractivity contribution in [2.24, 2.45) is 11.8 Å². The van der Waals surface area contributed by atoms with Crippen LogP contribution in [0.15, 0.2) is 30.3 Å². The second-order valence-corrected chi connectivity index (χ2v) is 9.98. The lowest BCUT2D eigenvalue weighted by atomic mass is 9.99. The highest BCUT2D eigenvalue weighted by Gasteiger charge is 2.39. The van der Waals surface area contributed by atoms with Crippen molar-refractivity contribution in [1.82, 2.24) is 25.8 Å². The Labute approximate surface area is 204 Å². The number of carbonyl (C=O) groups excluding carboxylic acids is 3. The number of likely N-dealkylation sites (N-methyl/N-ethyl adjacent to an activating group) is 1. The van der Waals surface area contributed by atoms with Gasteiger partial charge >= 0.3 is 0 Å². The van der Waals surface area contributed by atoms with Gasteiger partial charge in [-0.1, -0.05) is 58.0 Å². The number of nitrogens with zero attached hydrogens (tertiary/aromatic N) is 2. The lowest BCUT2D eigenvalue weighted by Gasteiger charge is -2.42. The molecule has 1 fully saturated rings. The predicted octanol–water partition coefficient (Wildman–Crippen LogP) is 1.61. The van der Waals surface area contributed by atoms with E-state index in [4.69, 9.17) is 0 Å². The number of carbonyl (C=O) groups is 3. The summed E-state index contributed by atoms with van der Waals surface area (Å²) in [7, 11) is 1.71. The van der Waals surface area contributed by atoms with E-state index < -0.39 is 18.1 Å². The molecule has 1 heterocycles. The Balaban J connectivity index is 2.19. The number of hydrogen-bond acceptors (Lipinski definition) is 5. The van der Waals surface area contributed by atoms with E-state index in [0.29, 0.717) is 32.1 Å². The SMILES string of the molecule is CN[C@@H](C)C(=O)N[C@H](C(=O)N1CCN(Cc2ccccc2)C[C@H]1C(=O)NCCC(C)C)C(C)C. The third kappa shape index (κ3) is 8.09. The summed E-state index contributed by atoms with van der Waals surface area (Å²) in [5.41, 5.74) is 1.18. The molecular formula is C26H43N5O3. The summed E-state index contributed by atoms with van der Waals surface area (Å²) in [4.78, 5) is 43.3. The maximum Gasteiger partial charge on any atom is 0.246 e. The first kappa shape index (κ1) is 27.8. The van der Waals surface area contributed by atoms with Gasteiger partial charge in [-0.05, 0) is 37.8 Å². The zero-order chi connectivity index (χ0) is 25.3. The number of benzene rings is 1. The molecule has 1 aromatic carbocycles. The van der Waals surface area contributed by atoms with E-state index in [9.17, 15) is 14.4 Å². The Morgan fingerprint density at radius 3 is 2.29 bits per heavy atom. The number of rotatable bonds is 11. The highest BCUT2D eigenvalue weighted by molar-refractivity contribution is 5.93. The predicted molar refractivity (Wildman–Crippen MR) is 135 cm³/mol. The van der Waals surface area contributed by atoms with Crippen molar-refractivity contribution in [3.05, 3.63) is 35.9 Å². The highest BCUT2D eigenvalue weighted by atomic mass is 16.2. The summed E-state index contributed by atoms with van der Waals surface area (Å²) in [6, 6.07) is 8.45. The van der Waals surface area contributed by atoms with Crippen molar-refractivity contribution in [3.8, 4) is 0 Å². The van der Waals surface area contributed by atoms with Gasteiger partial charge in [-0.3, -0.25) is 19.3 Å². The van der Waals surface area contributed by atoms with Crippen molar-refractivity contribution in [2.45, 2.75) is 65.7 Å². The van der Waals surface area contributed by atoms with Gasteiger partial charge in [-0.2, -0.15) is 0 Å². The Bertz CT molecular complexity index is 799. The molecule has 3 N–H and O–H groups in total. The lowest BCUT2D eigenvalue weighted by molar-refractivity contribution is -0.147. The van der Waals surface area contributed by atoms with Crippen LogP contribution in [0.3, 0.4) is 0 Å². The highest BCUT2D eigenvalue weighted by Crippen LogP contribution is 2.17. The van der Waals surface area contributed by atoms with Crippen LogP contribution in [0, 0.1) is 11.8 Å². The second kappa shape index (κ2) is 13.4. The van der Waals surface area contributed by atoms with Crippen molar-refractivity contribution >= 4 is 17.7 Å². The molecule has 2 rings (SSSR count). The molecule has 3 amide bonds. The zero-order valence-electron chi connectivity index (χ0n) is 21.6. The van der Waals surface area contributed by atoms with Crippen LogP contribution in [0.5, 0.6) is 0 Å². The van der Waals surface area contributed by atoms with Crippen LogP contribution in [0.4, 0.5) is 0 Å². The van der Waals surface area contributed by atoms with E-state index in [1.54, 1.807) is 18.9 Å². The molecule has 0 aliphatic carbocycles. The Kier molecular flexibility index (Phi) is 11.0. The van der Waals surface area contributed by atoms with Gasteiger partial charge in [0.05, 0.1) is 6.04 Å². The van der Waals surface area contributed by atoms with E-state index in [1.807, 2.05) is 32.0 Å². The molecular weight excluding hydrogens is 430 g/mol. The standard InChI is InChI=1S/C26H43N5O3/c1-18(2)12-13-28-25(33)22-17-30(16-21-10-8-7-9-11-21)14-15-31(22)26(34)23(19(3)4)29-24(32)20(5)27-6/h7-11,18-20,22-23,27H,12-17H2,1-6H3,(H,28,33)(H,29,32)/t20-,22-,23-/m0/s1. The Morgan fingerprint density at radius 1 is 1.03 bits per heavy atom. The molecule has 3 atom stereocenters. The topological polar surface area (TPSA) is 93.8 Å². The molecule has 8 nitrogen and oxygen atoms in total. The minimum atomic E-state index is -0.685. The van der Waals surface area contributed by atoms with Gasteiger partial charge in [0, 0.05) is 32.7 Å². The fourth-order valence-corrected chi connectivity index (χ4v) is 4.02. The van der Waals surface area contributed by atoms with Crippen molar-refractivity contribution in [2.75, 3.05) is 33.2 Å². The van der Waals surface area contributed by atoms with Gasteiger partial charge in [-0.15, -0.1) is 0 Å². The van der Waals surface area contributed by atoms with Gasteiger partial charge in [0.15, 0.2) is 0 Å². The molecule has 190 valence electrons. The molecule has 0 aromatic heterocycles. The van der Waals surface area contributed by atoms with Crippen LogP contribution in [-0.4, -0.2) is 78.9 Å². The van der Waals surface area contributed by atoms with Crippen molar-refractivity contribution in [3.63, 3.8) is 0 Å². The van der Waals surface area contributed by atoms with Gasteiger partial charge in [0.1, 0.15) is 12.1 Å². The third-order valence-corrected chi connectivity index (χ3v) is 6.38. The van der Waals surface area contributed by atoms with E-state index in [-0.39, 0.29) is 23.6 Å². The Morgan fingerprint density at radius 2 is 1.71 bits per heavy atom. The summed E-state index contributed by atoms with van der Waals surface area (Å²) >= 11 is 0. The summed E-state index contributed by atoms with van der Waals surface area (Å²) in [6.45, 7) is 12.7. The molecule has 0 saturated carbocycles. The largest absolute Gasteiger partial charge is 0.354 e. The number of hydrogen-bond donors (Lipinski definition) is 3. The molecule has 0 spiro atoms. The van der Waals surface area contributed by atoms with Crippen LogP contribution in [-0.2, 0) is 20.9 Å². The van der Waals surface area contributed by atoms with E-state index in [2.05, 4.69) is 46.8 Å². The van der Waals surface area contributed by atoms with E-state index in [0.717, 1.165) is 13.0 Å². The summed E-state index contributed by atoms with van der Waals surface area (Å²) in [6.07, 6.45) is 0.882.